The van der Waals surface area contributed by atoms with Crippen molar-refractivity contribution < 1.29 is 18.4 Å². The molecule has 0 spiro atoms. The van der Waals surface area contributed by atoms with E-state index < -0.39 is 23.7 Å². The topological polar surface area (TPSA) is 61.4 Å². The molecular weight excluding hydrogens is 328 g/mol. The second kappa shape index (κ2) is 7.07. The second-order valence-corrected chi connectivity index (χ2v) is 7.25. The smallest absolute Gasteiger partial charge is 0.245 e. The Morgan fingerprint density at radius 1 is 1.32 bits per heavy atom. The number of nitrogens with zero attached hydrogens (tertiary/aromatic N) is 1. The molecule has 0 aromatic heterocycles. The first-order valence-electron chi connectivity index (χ1n) is 8.63. The molecule has 2 aliphatic heterocycles. The van der Waals surface area contributed by atoms with Crippen LogP contribution in [0.15, 0.2) is 18.2 Å². The van der Waals surface area contributed by atoms with Crippen molar-refractivity contribution in [3.8, 4) is 0 Å². The van der Waals surface area contributed by atoms with Crippen LogP contribution in [0.25, 0.3) is 0 Å². The molecule has 5 nitrogen and oxygen atoms in total. The van der Waals surface area contributed by atoms with Crippen molar-refractivity contribution in [3.63, 3.8) is 0 Å². The van der Waals surface area contributed by atoms with Crippen molar-refractivity contribution in [1.29, 1.82) is 0 Å². The van der Waals surface area contributed by atoms with E-state index in [-0.39, 0.29) is 24.4 Å². The first kappa shape index (κ1) is 17.8. The molecule has 7 heteroatoms. The predicted molar refractivity (Wildman–Crippen MR) is 88.5 cm³/mol. The highest BCUT2D eigenvalue weighted by atomic mass is 19.1. The molecule has 0 radical (unpaired) electrons. The number of halogens is 2. The van der Waals surface area contributed by atoms with Crippen LogP contribution < -0.4 is 10.6 Å². The number of carbonyl (C=O) groups excluding carboxylic acids is 2. The summed E-state index contributed by atoms with van der Waals surface area (Å²) in [4.78, 5) is 26.5. The van der Waals surface area contributed by atoms with Gasteiger partial charge in [0.1, 0.15) is 23.7 Å². The molecule has 2 aliphatic rings. The zero-order valence-electron chi connectivity index (χ0n) is 14.4. The molecule has 2 N–H and O–H groups in total. The van der Waals surface area contributed by atoms with E-state index >= 15 is 0 Å². The number of fused-ring (bicyclic) bond motifs is 1. The summed E-state index contributed by atoms with van der Waals surface area (Å²) in [5.41, 5.74) is 0.361. The maximum atomic E-state index is 13.7. The van der Waals surface area contributed by atoms with Crippen molar-refractivity contribution in [2.75, 3.05) is 6.54 Å². The molecule has 3 rings (SSSR count). The van der Waals surface area contributed by atoms with Gasteiger partial charge in [-0.2, -0.15) is 0 Å². The van der Waals surface area contributed by atoms with Crippen LogP contribution >= 0.6 is 0 Å². The van der Waals surface area contributed by atoms with Crippen molar-refractivity contribution >= 4 is 11.8 Å². The van der Waals surface area contributed by atoms with Gasteiger partial charge in [-0.25, -0.2) is 8.78 Å². The number of piperazine rings is 1. The van der Waals surface area contributed by atoms with E-state index in [0.717, 1.165) is 6.07 Å². The average molecular weight is 351 g/mol. The summed E-state index contributed by atoms with van der Waals surface area (Å²) in [7, 11) is 0. The number of amides is 2. The third kappa shape index (κ3) is 3.81. The lowest BCUT2D eigenvalue weighted by Crippen LogP contribution is -2.61. The van der Waals surface area contributed by atoms with Gasteiger partial charge in [-0.15, -0.1) is 0 Å². The fourth-order valence-corrected chi connectivity index (χ4v) is 3.56. The highest BCUT2D eigenvalue weighted by Crippen LogP contribution is 2.25. The van der Waals surface area contributed by atoms with Gasteiger partial charge in [-0.1, -0.05) is 19.9 Å². The monoisotopic (exact) mass is 351 g/mol. The Labute approximate surface area is 145 Å². The number of nitrogens with one attached hydrogen (secondary N) is 2. The minimum absolute atomic E-state index is 0.0458. The summed E-state index contributed by atoms with van der Waals surface area (Å²) < 4.78 is 26.7. The minimum Gasteiger partial charge on any atom is -0.342 e. The Kier molecular flexibility index (Phi) is 5.03. The summed E-state index contributed by atoms with van der Waals surface area (Å²) in [6.07, 6.45) is 1.11. The van der Waals surface area contributed by atoms with Gasteiger partial charge in [-0.3, -0.25) is 9.59 Å². The van der Waals surface area contributed by atoms with E-state index in [1.165, 1.54) is 12.1 Å². The molecule has 0 unspecified atom stereocenters. The quantitative estimate of drug-likeness (QED) is 0.847. The Hall–Kier alpha value is -2.02. The summed E-state index contributed by atoms with van der Waals surface area (Å²) in [6, 6.07) is 2.44. The van der Waals surface area contributed by atoms with Gasteiger partial charge in [0, 0.05) is 30.8 Å². The normalized spacial score (nSPS) is 26.1. The third-order valence-corrected chi connectivity index (χ3v) is 4.80. The molecular formula is C18H23F2N3O2. The molecule has 0 aliphatic carbocycles. The van der Waals surface area contributed by atoms with E-state index in [4.69, 9.17) is 0 Å². The number of hydrogen-bond donors (Lipinski definition) is 2. The second-order valence-electron chi connectivity index (χ2n) is 7.25. The molecule has 1 aromatic rings. The molecule has 136 valence electrons. The number of benzene rings is 1. The number of rotatable bonds is 5. The van der Waals surface area contributed by atoms with Crippen LogP contribution in [0.5, 0.6) is 0 Å². The zero-order valence-corrected chi connectivity index (χ0v) is 14.4. The standard InChI is InChI=1S/C18H23F2N3O2/c1-10(2)5-15-18(25)23-9-13(7-16(23)17(24)22-15)21-8-11-3-4-12(19)6-14(11)20/h3-4,6,10,13,15-16,21H,5,7-9H2,1-2H3,(H,22,24)/t13-,15+,16-/m0/s1. The third-order valence-electron chi connectivity index (χ3n) is 4.80. The van der Waals surface area contributed by atoms with Crippen LogP contribution in [0.4, 0.5) is 8.78 Å². The van der Waals surface area contributed by atoms with E-state index in [1.54, 1.807) is 4.90 Å². The molecule has 1 aromatic carbocycles. The van der Waals surface area contributed by atoms with Crippen molar-refractivity contribution in [2.24, 2.45) is 5.92 Å². The van der Waals surface area contributed by atoms with Gasteiger partial charge in [-0.05, 0) is 24.8 Å². The predicted octanol–water partition coefficient (Wildman–Crippen LogP) is 1.57. The van der Waals surface area contributed by atoms with E-state index in [1.807, 2.05) is 13.8 Å². The lowest BCUT2D eigenvalue weighted by atomic mass is 9.99. The minimum atomic E-state index is -0.613. The van der Waals surface area contributed by atoms with Gasteiger partial charge in [0.05, 0.1) is 0 Å². The van der Waals surface area contributed by atoms with E-state index in [9.17, 15) is 18.4 Å². The summed E-state index contributed by atoms with van der Waals surface area (Å²) in [6.45, 7) is 4.67. The molecule has 25 heavy (non-hydrogen) atoms. The highest BCUT2D eigenvalue weighted by molar-refractivity contribution is 5.97. The lowest BCUT2D eigenvalue weighted by Gasteiger charge is -2.35. The van der Waals surface area contributed by atoms with E-state index in [2.05, 4.69) is 10.6 Å². The maximum Gasteiger partial charge on any atom is 0.245 e. The molecule has 0 saturated carbocycles. The molecule has 0 bridgehead atoms. The summed E-state index contributed by atoms with van der Waals surface area (Å²) in [5, 5.41) is 5.99. The Bertz CT molecular complexity index is 680. The van der Waals surface area contributed by atoms with Crippen LogP contribution in [-0.4, -0.2) is 41.4 Å². The first-order valence-corrected chi connectivity index (χ1v) is 8.63. The summed E-state index contributed by atoms with van der Waals surface area (Å²) in [5.74, 6) is -1.08. The Balaban J connectivity index is 1.62. The van der Waals surface area contributed by atoms with Gasteiger partial charge in [0.15, 0.2) is 0 Å². The van der Waals surface area contributed by atoms with Gasteiger partial charge in [0.2, 0.25) is 11.8 Å². The van der Waals surface area contributed by atoms with Crippen LogP contribution in [0.3, 0.4) is 0 Å². The van der Waals surface area contributed by atoms with Gasteiger partial charge < -0.3 is 15.5 Å². The molecule has 2 heterocycles. The first-order chi connectivity index (χ1) is 11.8. The van der Waals surface area contributed by atoms with Crippen LogP contribution in [0, 0.1) is 17.6 Å². The maximum absolute atomic E-state index is 13.7. The van der Waals surface area contributed by atoms with Crippen LogP contribution in [0.1, 0.15) is 32.3 Å². The fourth-order valence-electron chi connectivity index (χ4n) is 3.56. The number of carbonyl (C=O) groups is 2. The average Bonchev–Trinajstić information content (AvgIpc) is 2.96. The molecule has 3 atom stereocenters. The Morgan fingerprint density at radius 2 is 2.08 bits per heavy atom. The van der Waals surface area contributed by atoms with Crippen molar-refractivity contribution in [1.82, 2.24) is 15.5 Å². The SMILES string of the molecule is CC(C)C[C@H]1NC(=O)[C@@H]2C[C@H](NCc3ccc(F)cc3F)CN2C1=O. The van der Waals surface area contributed by atoms with Crippen molar-refractivity contribution in [2.45, 2.75) is 51.4 Å². The van der Waals surface area contributed by atoms with Gasteiger partial charge >= 0.3 is 0 Å². The molecule has 2 saturated heterocycles. The number of hydrogen-bond acceptors (Lipinski definition) is 3. The Morgan fingerprint density at radius 3 is 2.76 bits per heavy atom. The molecule has 2 fully saturated rings. The van der Waals surface area contributed by atoms with E-state index in [0.29, 0.717) is 30.9 Å². The van der Waals surface area contributed by atoms with Crippen LogP contribution in [-0.2, 0) is 16.1 Å². The van der Waals surface area contributed by atoms with Crippen molar-refractivity contribution in [3.05, 3.63) is 35.4 Å². The highest BCUT2D eigenvalue weighted by Gasteiger charge is 2.46. The fraction of sp³-hybridized carbons (Fsp3) is 0.556. The lowest BCUT2D eigenvalue weighted by molar-refractivity contribution is -0.147. The van der Waals surface area contributed by atoms with Gasteiger partial charge in [0.25, 0.3) is 0 Å². The largest absolute Gasteiger partial charge is 0.342 e. The molecule has 2 amide bonds. The zero-order chi connectivity index (χ0) is 18.1. The van der Waals surface area contributed by atoms with Crippen LogP contribution in [0.2, 0.25) is 0 Å². The summed E-state index contributed by atoms with van der Waals surface area (Å²) >= 11 is 0.